The van der Waals surface area contributed by atoms with Crippen LogP contribution in [0, 0.1) is 11.2 Å². The van der Waals surface area contributed by atoms with E-state index in [9.17, 15) is 14.0 Å². The summed E-state index contributed by atoms with van der Waals surface area (Å²) in [5.41, 5.74) is 4.09. The second-order valence-electron chi connectivity index (χ2n) is 9.51. The van der Waals surface area contributed by atoms with Crippen molar-refractivity contribution in [1.29, 1.82) is 0 Å². The highest BCUT2D eigenvalue weighted by Crippen LogP contribution is 2.47. The molecule has 0 atom stereocenters. The minimum Gasteiger partial charge on any atom is -0.345 e. The van der Waals surface area contributed by atoms with E-state index in [1.165, 1.54) is 24.3 Å². The molecule has 0 saturated heterocycles. The van der Waals surface area contributed by atoms with Gasteiger partial charge >= 0.3 is 0 Å². The van der Waals surface area contributed by atoms with E-state index in [4.69, 9.17) is 0 Å². The van der Waals surface area contributed by atoms with E-state index in [2.05, 4.69) is 31.7 Å². The fourth-order valence-corrected chi connectivity index (χ4v) is 4.57. The Morgan fingerprint density at radius 1 is 0.842 bits per heavy atom. The van der Waals surface area contributed by atoms with Crippen molar-refractivity contribution in [3.8, 4) is 11.4 Å². The van der Waals surface area contributed by atoms with Crippen molar-refractivity contribution in [2.45, 2.75) is 19.3 Å². The van der Waals surface area contributed by atoms with Crippen LogP contribution in [0.15, 0.2) is 91.4 Å². The van der Waals surface area contributed by atoms with Crippen LogP contribution in [0.5, 0.6) is 0 Å². The number of carbonyl (C=O) groups excluding carboxylic acids is 2. The Balaban J connectivity index is 1.13. The minimum absolute atomic E-state index is 0.336. The Morgan fingerprint density at radius 2 is 1.53 bits per heavy atom. The molecule has 8 heteroatoms. The first-order chi connectivity index (χ1) is 18.5. The number of halogens is 1. The molecule has 1 saturated carbocycles. The van der Waals surface area contributed by atoms with Gasteiger partial charge < -0.3 is 15.6 Å². The minimum atomic E-state index is -1.10. The SMILES string of the molecule is O=C(Nc1ccc(F)cc1)C1(C(=O)Nc2ccc(Cc3ccnc4cc(-c5ncc[nH]5)ccc34)cc2)CC1. The first kappa shape index (κ1) is 23.5. The highest BCUT2D eigenvalue weighted by molar-refractivity contribution is 6.16. The maximum absolute atomic E-state index is 13.1. The number of anilines is 2. The third-order valence-corrected chi connectivity index (χ3v) is 6.93. The molecule has 0 radical (unpaired) electrons. The summed E-state index contributed by atoms with van der Waals surface area (Å²) in [4.78, 5) is 37.7. The maximum Gasteiger partial charge on any atom is 0.240 e. The van der Waals surface area contributed by atoms with Crippen molar-refractivity contribution in [3.63, 3.8) is 0 Å². The number of nitrogens with zero attached hydrogens (tertiary/aromatic N) is 2. The lowest BCUT2D eigenvalue weighted by molar-refractivity contribution is -0.131. The number of fused-ring (bicyclic) bond motifs is 1. The van der Waals surface area contributed by atoms with E-state index >= 15 is 0 Å². The fourth-order valence-electron chi connectivity index (χ4n) is 4.57. The molecule has 188 valence electrons. The number of hydrogen-bond donors (Lipinski definition) is 3. The van der Waals surface area contributed by atoms with Crippen molar-refractivity contribution >= 4 is 34.1 Å². The molecule has 7 nitrogen and oxygen atoms in total. The molecule has 5 aromatic rings. The van der Waals surface area contributed by atoms with E-state index in [1.54, 1.807) is 12.4 Å². The zero-order valence-corrected chi connectivity index (χ0v) is 20.4. The average molecular weight is 506 g/mol. The molecule has 0 aliphatic heterocycles. The van der Waals surface area contributed by atoms with Crippen LogP contribution in [0.25, 0.3) is 22.3 Å². The van der Waals surface area contributed by atoms with Crippen molar-refractivity contribution in [1.82, 2.24) is 15.0 Å². The number of aromatic amines is 1. The molecule has 38 heavy (non-hydrogen) atoms. The van der Waals surface area contributed by atoms with Gasteiger partial charge in [-0.15, -0.1) is 0 Å². The summed E-state index contributed by atoms with van der Waals surface area (Å²) in [6, 6.07) is 21.3. The molecule has 3 N–H and O–H groups in total. The molecule has 2 amide bonds. The van der Waals surface area contributed by atoms with Crippen LogP contribution in [-0.4, -0.2) is 26.8 Å². The first-order valence-electron chi connectivity index (χ1n) is 12.3. The predicted octanol–water partition coefficient (Wildman–Crippen LogP) is 5.71. The van der Waals surface area contributed by atoms with Gasteiger partial charge in [0.25, 0.3) is 0 Å². The van der Waals surface area contributed by atoms with Crippen molar-refractivity contribution < 1.29 is 14.0 Å². The molecule has 1 aliphatic carbocycles. The molecule has 0 bridgehead atoms. The van der Waals surface area contributed by atoms with Gasteiger partial charge in [0.15, 0.2) is 0 Å². The Morgan fingerprint density at radius 3 is 2.16 bits per heavy atom. The second-order valence-corrected chi connectivity index (χ2v) is 9.51. The Kier molecular flexibility index (Phi) is 5.92. The summed E-state index contributed by atoms with van der Waals surface area (Å²) >= 11 is 0. The summed E-state index contributed by atoms with van der Waals surface area (Å²) < 4.78 is 13.1. The molecule has 3 aromatic carbocycles. The van der Waals surface area contributed by atoms with Crippen LogP contribution < -0.4 is 10.6 Å². The number of pyridine rings is 1. The average Bonchev–Trinajstić information content (AvgIpc) is 3.57. The number of hydrogen-bond acceptors (Lipinski definition) is 4. The van der Waals surface area contributed by atoms with Gasteiger partial charge in [0, 0.05) is 40.9 Å². The van der Waals surface area contributed by atoms with Gasteiger partial charge in [0.05, 0.1) is 5.52 Å². The third-order valence-electron chi connectivity index (χ3n) is 6.93. The van der Waals surface area contributed by atoms with Crippen molar-refractivity contribution in [2.75, 3.05) is 10.6 Å². The molecule has 6 rings (SSSR count). The van der Waals surface area contributed by atoms with E-state index < -0.39 is 5.41 Å². The molecule has 0 spiro atoms. The first-order valence-corrected chi connectivity index (χ1v) is 12.3. The zero-order chi connectivity index (χ0) is 26.1. The number of benzene rings is 3. The number of imidazole rings is 1. The Labute approximate surface area is 218 Å². The van der Waals surface area contributed by atoms with Crippen LogP contribution in [-0.2, 0) is 16.0 Å². The lowest BCUT2D eigenvalue weighted by atomic mass is 9.99. The van der Waals surface area contributed by atoms with Gasteiger partial charge in [-0.3, -0.25) is 14.6 Å². The standard InChI is InChI=1S/C30H24FN5O2/c31-22-4-8-24(9-5-22)36-29(38)30(12-13-30)28(37)35-23-6-1-19(2-7-23)17-20-11-14-32-26-18-21(3-10-25(20)26)27-33-15-16-34-27/h1-11,14-16,18H,12-13,17H2,(H,33,34)(H,35,37)(H,36,38). The van der Waals surface area contributed by atoms with Crippen LogP contribution in [0.3, 0.4) is 0 Å². The highest BCUT2D eigenvalue weighted by atomic mass is 19.1. The predicted molar refractivity (Wildman–Crippen MR) is 144 cm³/mol. The van der Waals surface area contributed by atoms with Crippen LogP contribution in [0.1, 0.15) is 24.0 Å². The van der Waals surface area contributed by atoms with Gasteiger partial charge in [-0.25, -0.2) is 9.37 Å². The lowest BCUT2D eigenvalue weighted by Gasteiger charge is -2.16. The molecular formula is C30H24FN5O2. The van der Waals surface area contributed by atoms with E-state index in [-0.39, 0.29) is 17.6 Å². The van der Waals surface area contributed by atoms with E-state index in [1.807, 2.05) is 48.7 Å². The summed E-state index contributed by atoms with van der Waals surface area (Å²) in [7, 11) is 0. The number of rotatable bonds is 7. The van der Waals surface area contributed by atoms with Gasteiger partial charge in [-0.2, -0.15) is 0 Å². The van der Waals surface area contributed by atoms with Crippen LogP contribution in [0.4, 0.5) is 15.8 Å². The quantitative estimate of drug-likeness (QED) is 0.247. The van der Waals surface area contributed by atoms with Crippen molar-refractivity contribution in [3.05, 3.63) is 108 Å². The second kappa shape index (κ2) is 9.55. The molecular weight excluding hydrogens is 481 g/mol. The number of nitrogens with one attached hydrogen (secondary N) is 3. The zero-order valence-electron chi connectivity index (χ0n) is 20.4. The van der Waals surface area contributed by atoms with Gasteiger partial charge in [-0.05, 0) is 78.9 Å². The van der Waals surface area contributed by atoms with Gasteiger partial charge in [0.2, 0.25) is 11.8 Å². The van der Waals surface area contributed by atoms with Gasteiger partial charge in [0.1, 0.15) is 17.1 Å². The smallest absolute Gasteiger partial charge is 0.240 e. The van der Waals surface area contributed by atoms with E-state index in [0.717, 1.165) is 33.4 Å². The van der Waals surface area contributed by atoms with Crippen molar-refractivity contribution in [2.24, 2.45) is 5.41 Å². The summed E-state index contributed by atoms with van der Waals surface area (Å²) in [6.45, 7) is 0. The molecule has 2 heterocycles. The topological polar surface area (TPSA) is 99.8 Å². The Bertz CT molecular complexity index is 1630. The molecule has 0 unspecified atom stereocenters. The number of H-pyrrole nitrogens is 1. The third kappa shape index (κ3) is 4.64. The van der Waals surface area contributed by atoms with Crippen LogP contribution >= 0.6 is 0 Å². The summed E-state index contributed by atoms with van der Waals surface area (Å²) in [5, 5.41) is 6.68. The summed E-state index contributed by atoms with van der Waals surface area (Å²) in [6.07, 6.45) is 6.98. The maximum atomic E-state index is 13.1. The van der Waals surface area contributed by atoms with Crippen LogP contribution in [0.2, 0.25) is 0 Å². The molecule has 1 aliphatic rings. The number of amides is 2. The highest BCUT2D eigenvalue weighted by Gasteiger charge is 2.56. The molecule has 2 aromatic heterocycles. The molecule has 1 fully saturated rings. The normalized spacial score (nSPS) is 13.7. The lowest BCUT2D eigenvalue weighted by Crippen LogP contribution is -2.35. The largest absolute Gasteiger partial charge is 0.345 e. The fraction of sp³-hybridized carbons (Fsp3) is 0.133. The Hall–Kier alpha value is -4.85. The summed E-state index contributed by atoms with van der Waals surface area (Å²) in [5.74, 6) is -0.297. The monoisotopic (exact) mass is 505 g/mol. The van der Waals surface area contributed by atoms with E-state index in [0.29, 0.717) is 30.6 Å². The van der Waals surface area contributed by atoms with Gasteiger partial charge in [-0.1, -0.05) is 24.3 Å². The number of aromatic nitrogens is 3. The number of carbonyl (C=O) groups is 2.